The molecule has 0 aromatic carbocycles. The number of furan rings is 1. The summed E-state index contributed by atoms with van der Waals surface area (Å²) in [7, 11) is 0. The van der Waals surface area contributed by atoms with E-state index in [1.165, 1.54) is 0 Å². The Morgan fingerprint density at radius 3 is 2.81 bits per heavy atom. The fourth-order valence-electron chi connectivity index (χ4n) is 3.43. The van der Waals surface area contributed by atoms with Crippen LogP contribution in [0.2, 0.25) is 0 Å². The third-order valence-electron chi connectivity index (χ3n) is 4.93. The normalized spacial score (nSPS) is 16.5. The standard InChI is InChI=1S/C19H23N5O3/c1-13-3-4-17(27-13)16(23-7-9-26-10-8-23)12-21-19(25)15-11-20-18-5-6-22-24(18)14(15)2/h3-6,11,16H,7-10,12H2,1-2H3,(H,21,25)/t16-/m0/s1. The largest absolute Gasteiger partial charge is 0.465 e. The van der Waals surface area contributed by atoms with E-state index in [2.05, 4.69) is 20.3 Å². The molecule has 3 aromatic rings. The number of fused-ring (bicyclic) bond motifs is 1. The average Bonchev–Trinajstić information content (AvgIpc) is 3.32. The Morgan fingerprint density at radius 2 is 2.07 bits per heavy atom. The molecule has 1 fully saturated rings. The number of carbonyl (C=O) groups is 1. The third-order valence-corrected chi connectivity index (χ3v) is 4.93. The van der Waals surface area contributed by atoms with E-state index in [-0.39, 0.29) is 11.9 Å². The van der Waals surface area contributed by atoms with Gasteiger partial charge in [-0.3, -0.25) is 9.69 Å². The van der Waals surface area contributed by atoms with Gasteiger partial charge in [0.05, 0.1) is 36.7 Å². The van der Waals surface area contributed by atoms with Crippen molar-refractivity contribution in [3.8, 4) is 0 Å². The summed E-state index contributed by atoms with van der Waals surface area (Å²) in [6.45, 7) is 7.22. The molecule has 0 aliphatic carbocycles. The molecule has 0 radical (unpaired) electrons. The van der Waals surface area contributed by atoms with Crippen LogP contribution in [-0.4, -0.2) is 58.3 Å². The molecule has 1 N–H and O–H groups in total. The summed E-state index contributed by atoms with van der Waals surface area (Å²) < 4.78 is 13.0. The predicted octanol–water partition coefficient (Wildman–Crippen LogP) is 1.74. The van der Waals surface area contributed by atoms with E-state index in [1.807, 2.05) is 32.0 Å². The van der Waals surface area contributed by atoms with Crippen molar-refractivity contribution in [3.05, 3.63) is 53.4 Å². The molecule has 142 valence electrons. The van der Waals surface area contributed by atoms with Crippen LogP contribution in [-0.2, 0) is 4.74 Å². The molecule has 4 rings (SSSR count). The summed E-state index contributed by atoms with van der Waals surface area (Å²) in [5.74, 6) is 1.55. The Morgan fingerprint density at radius 1 is 1.26 bits per heavy atom. The predicted molar refractivity (Wildman–Crippen MR) is 98.6 cm³/mol. The monoisotopic (exact) mass is 369 g/mol. The van der Waals surface area contributed by atoms with Crippen molar-refractivity contribution in [2.24, 2.45) is 0 Å². The zero-order chi connectivity index (χ0) is 18.8. The second kappa shape index (κ2) is 7.50. The fraction of sp³-hybridized carbons (Fsp3) is 0.421. The molecule has 0 spiro atoms. The number of hydrogen-bond donors (Lipinski definition) is 1. The first-order valence-electron chi connectivity index (χ1n) is 9.09. The lowest BCUT2D eigenvalue weighted by atomic mass is 10.1. The first-order valence-corrected chi connectivity index (χ1v) is 9.09. The number of ether oxygens (including phenoxy) is 1. The average molecular weight is 369 g/mol. The first kappa shape index (κ1) is 17.7. The smallest absolute Gasteiger partial charge is 0.254 e. The van der Waals surface area contributed by atoms with Gasteiger partial charge in [0.15, 0.2) is 5.65 Å². The van der Waals surface area contributed by atoms with Crippen LogP contribution in [0, 0.1) is 13.8 Å². The van der Waals surface area contributed by atoms with Gasteiger partial charge in [-0.2, -0.15) is 5.10 Å². The lowest BCUT2D eigenvalue weighted by molar-refractivity contribution is 0.0117. The molecule has 27 heavy (non-hydrogen) atoms. The number of hydrogen-bond acceptors (Lipinski definition) is 6. The summed E-state index contributed by atoms with van der Waals surface area (Å²) >= 11 is 0. The number of aryl methyl sites for hydroxylation is 2. The molecule has 4 heterocycles. The fourth-order valence-corrected chi connectivity index (χ4v) is 3.43. The molecular formula is C19H23N5O3. The highest BCUT2D eigenvalue weighted by Gasteiger charge is 2.26. The SMILES string of the molecule is Cc1ccc([C@H](CNC(=O)c2cnc3ccnn3c2C)N2CCOCC2)o1. The molecule has 1 aliphatic rings. The van der Waals surface area contributed by atoms with Gasteiger partial charge in [0.25, 0.3) is 5.91 Å². The van der Waals surface area contributed by atoms with Gasteiger partial charge in [-0.25, -0.2) is 9.50 Å². The van der Waals surface area contributed by atoms with Gasteiger partial charge in [0.2, 0.25) is 0 Å². The molecule has 1 saturated heterocycles. The number of amides is 1. The van der Waals surface area contributed by atoms with Crippen molar-refractivity contribution < 1.29 is 13.9 Å². The van der Waals surface area contributed by atoms with E-state index in [4.69, 9.17) is 9.15 Å². The second-order valence-corrected chi connectivity index (χ2v) is 6.68. The number of morpholine rings is 1. The van der Waals surface area contributed by atoms with Crippen LogP contribution >= 0.6 is 0 Å². The van der Waals surface area contributed by atoms with E-state index >= 15 is 0 Å². The van der Waals surface area contributed by atoms with Crippen LogP contribution in [0.15, 0.2) is 35.0 Å². The van der Waals surface area contributed by atoms with E-state index < -0.39 is 0 Å². The van der Waals surface area contributed by atoms with Crippen LogP contribution in [0.4, 0.5) is 0 Å². The Kier molecular flexibility index (Phi) is 4.91. The zero-order valence-electron chi connectivity index (χ0n) is 15.5. The number of nitrogens with zero attached hydrogens (tertiary/aromatic N) is 4. The van der Waals surface area contributed by atoms with Crippen molar-refractivity contribution in [1.82, 2.24) is 24.8 Å². The summed E-state index contributed by atoms with van der Waals surface area (Å²) in [4.78, 5) is 19.4. The second-order valence-electron chi connectivity index (χ2n) is 6.68. The first-order chi connectivity index (χ1) is 13.1. The number of carbonyl (C=O) groups excluding carboxylic acids is 1. The van der Waals surface area contributed by atoms with Crippen molar-refractivity contribution in [2.75, 3.05) is 32.8 Å². The van der Waals surface area contributed by atoms with Gasteiger partial charge in [-0.15, -0.1) is 0 Å². The van der Waals surface area contributed by atoms with E-state index in [0.29, 0.717) is 25.3 Å². The van der Waals surface area contributed by atoms with Gasteiger partial charge < -0.3 is 14.5 Å². The van der Waals surface area contributed by atoms with Crippen molar-refractivity contribution in [2.45, 2.75) is 19.9 Å². The van der Waals surface area contributed by atoms with E-state index in [1.54, 1.807) is 16.9 Å². The zero-order valence-corrected chi connectivity index (χ0v) is 15.5. The molecule has 0 bridgehead atoms. The molecule has 0 saturated carbocycles. The van der Waals surface area contributed by atoms with Crippen LogP contribution in [0.1, 0.15) is 33.6 Å². The summed E-state index contributed by atoms with van der Waals surface area (Å²) in [6, 6.07) is 5.70. The number of rotatable bonds is 5. The summed E-state index contributed by atoms with van der Waals surface area (Å²) in [5, 5.41) is 7.26. The minimum Gasteiger partial charge on any atom is -0.465 e. The van der Waals surface area contributed by atoms with Gasteiger partial charge in [-0.1, -0.05) is 0 Å². The Labute approximate surface area is 157 Å². The van der Waals surface area contributed by atoms with Gasteiger partial charge in [0.1, 0.15) is 11.5 Å². The topological polar surface area (TPSA) is 84.9 Å². The van der Waals surface area contributed by atoms with Crippen LogP contribution < -0.4 is 5.32 Å². The van der Waals surface area contributed by atoms with Crippen molar-refractivity contribution >= 4 is 11.6 Å². The highest BCUT2D eigenvalue weighted by atomic mass is 16.5. The van der Waals surface area contributed by atoms with Crippen LogP contribution in [0.5, 0.6) is 0 Å². The lowest BCUT2D eigenvalue weighted by Crippen LogP contribution is -2.43. The molecule has 8 nitrogen and oxygen atoms in total. The minimum atomic E-state index is -0.168. The molecule has 1 aliphatic heterocycles. The number of aromatic nitrogens is 3. The summed E-state index contributed by atoms with van der Waals surface area (Å²) in [6.07, 6.45) is 3.27. The van der Waals surface area contributed by atoms with E-state index in [9.17, 15) is 4.79 Å². The quantitative estimate of drug-likeness (QED) is 0.737. The lowest BCUT2D eigenvalue weighted by Gasteiger charge is -2.33. The van der Waals surface area contributed by atoms with Gasteiger partial charge in [0, 0.05) is 31.9 Å². The maximum atomic E-state index is 12.8. The van der Waals surface area contributed by atoms with Crippen molar-refractivity contribution in [3.63, 3.8) is 0 Å². The Bertz CT molecular complexity index is 942. The highest BCUT2D eigenvalue weighted by Crippen LogP contribution is 2.23. The molecular weight excluding hydrogens is 346 g/mol. The van der Waals surface area contributed by atoms with Crippen molar-refractivity contribution in [1.29, 1.82) is 0 Å². The Balaban J connectivity index is 1.52. The summed E-state index contributed by atoms with van der Waals surface area (Å²) in [5.41, 5.74) is 2.00. The van der Waals surface area contributed by atoms with E-state index in [0.717, 1.165) is 36.0 Å². The van der Waals surface area contributed by atoms with Gasteiger partial charge in [-0.05, 0) is 26.0 Å². The molecule has 1 amide bonds. The molecule has 1 atom stereocenters. The van der Waals surface area contributed by atoms with Gasteiger partial charge >= 0.3 is 0 Å². The third kappa shape index (κ3) is 3.58. The maximum Gasteiger partial charge on any atom is 0.254 e. The molecule has 3 aromatic heterocycles. The Hall–Kier alpha value is -2.71. The van der Waals surface area contributed by atoms with Crippen LogP contribution in [0.25, 0.3) is 5.65 Å². The van der Waals surface area contributed by atoms with Crippen LogP contribution in [0.3, 0.4) is 0 Å². The molecule has 0 unspecified atom stereocenters. The number of nitrogens with one attached hydrogen (secondary N) is 1. The highest BCUT2D eigenvalue weighted by molar-refractivity contribution is 5.95. The molecule has 8 heteroatoms. The maximum absolute atomic E-state index is 12.8. The minimum absolute atomic E-state index is 0.0340.